The zero-order valence-corrected chi connectivity index (χ0v) is 11.1. The molecule has 0 radical (unpaired) electrons. The van der Waals surface area contributed by atoms with Gasteiger partial charge < -0.3 is 10.8 Å². The van der Waals surface area contributed by atoms with Crippen LogP contribution >= 0.6 is 0 Å². The maximum absolute atomic E-state index is 9.03. The van der Waals surface area contributed by atoms with E-state index in [2.05, 4.69) is 19.7 Å². The van der Waals surface area contributed by atoms with Gasteiger partial charge in [0.15, 0.2) is 0 Å². The molecule has 0 fully saturated rings. The fourth-order valence-electron chi connectivity index (χ4n) is 2.39. The zero-order chi connectivity index (χ0) is 13.9. The van der Waals surface area contributed by atoms with E-state index < -0.39 is 0 Å². The summed E-state index contributed by atoms with van der Waals surface area (Å²) in [4.78, 5) is 8.36. The Labute approximate surface area is 117 Å². The molecule has 6 heteroatoms. The Bertz CT molecular complexity index is 620. The average Bonchev–Trinajstić information content (AvgIpc) is 2.93. The second kappa shape index (κ2) is 5.34. The number of hydrogen-bond donors (Lipinski definition) is 2. The lowest BCUT2D eigenvalue weighted by Crippen LogP contribution is -2.43. The highest BCUT2D eigenvalue weighted by Gasteiger charge is 2.21. The van der Waals surface area contributed by atoms with E-state index in [1.807, 2.05) is 24.3 Å². The van der Waals surface area contributed by atoms with Gasteiger partial charge in [0.25, 0.3) is 0 Å². The first-order chi connectivity index (χ1) is 9.81. The first-order valence-corrected chi connectivity index (χ1v) is 6.60. The Morgan fingerprint density at radius 1 is 1.15 bits per heavy atom. The molecule has 0 atom stereocenters. The first kappa shape index (κ1) is 12.7. The summed E-state index contributed by atoms with van der Waals surface area (Å²) in [6.45, 7) is 1.40. The number of nitrogens with two attached hydrogens (primary N) is 1. The molecular weight excluding hydrogens is 254 g/mol. The van der Waals surface area contributed by atoms with Gasteiger partial charge in [0.2, 0.25) is 0 Å². The molecule has 0 bridgehead atoms. The number of pyridine rings is 1. The number of hydrogen-bond acceptors (Lipinski definition) is 5. The molecule has 0 unspecified atom stereocenters. The predicted octanol–water partition coefficient (Wildman–Crippen LogP) is 0.547. The summed E-state index contributed by atoms with van der Waals surface area (Å²) in [6.07, 6.45) is 4.24. The van der Waals surface area contributed by atoms with Crippen LogP contribution in [0.5, 0.6) is 0 Å². The van der Waals surface area contributed by atoms with Gasteiger partial charge in [-0.2, -0.15) is 0 Å². The standard InChI is InChI=1S/C14H17N5O/c15-14-13-3-2-12(11-4-6-16-7-5-11)19(13)18(10-17-14)8-1-9-20/h2-7,20H,1,8-10H2,(H2,15,17). The van der Waals surface area contributed by atoms with Crippen molar-refractivity contribution in [1.82, 2.24) is 9.66 Å². The number of amidine groups is 1. The second-order valence-corrected chi connectivity index (χ2v) is 4.64. The quantitative estimate of drug-likeness (QED) is 0.851. The average molecular weight is 271 g/mol. The third-order valence-corrected chi connectivity index (χ3v) is 3.36. The van der Waals surface area contributed by atoms with Gasteiger partial charge in [0, 0.05) is 31.1 Å². The van der Waals surface area contributed by atoms with Crippen molar-refractivity contribution in [2.75, 3.05) is 24.8 Å². The molecule has 2 aromatic rings. The van der Waals surface area contributed by atoms with Crippen LogP contribution in [0.15, 0.2) is 41.7 Å². The largest absolute Gasteiger partial charge is 0.396 e. The fraction of sp³-hybridized carbons (Fsp3) is 0.286. The highest BCUT2D eigenvalue weighted by atomic mass is 16.3. The minimum atomic E-state index is 0.164. The van der Waals surface area contributed by atoms with E-state index in [0.29, 0.717) is 18.9 Å². The Balaban J connectivity index is 2.04. The third-order valence-electron chi connectivity index (χ3n) is 3.36. The van der Waals surface area contributed by atoms with Crippen molar-refractivity contribution in [3.63, 3.8) is 0 Å². The van der Waals surface area contributed by atoms with Gasteiger partial charge in [-0.05, 0) is 30.7 Å². The molecule has 0 saturated heterocycles. The summed E-state index contributed by atoms with van der Waals surface area (Å²) < 4.78 is 2.08. The van der Waals surface area contributed by atoms with Crippen LogP contribution in [0.2, 0.25) is 0 Å². The molecule has 3 heterocycles. The number of rotatable bonds is 4. The van der Waals surface area contributed by atoms with Gasteiger partial charge in [-0.15, -0.1) is 0 Å². The predicted molar refractivity (Wildman–Crippen MR) is 78.0 cm³/mol. The molecule has 3 N–H and O–H groups in total. The minimum absolute atomic E-state index is 0.164. The summed E-state index contributed by atoms with van der Waals surface area (Å²) in [6, 6.07) is 7.94. The number of fused-ring (bicyclic) bond motifs is 1. The maximum Gasteiger partial charge on any atom is 0.146 e. The summed E-state index contributed by atoms with van der Waals surface area (Å²) in [5, 5.41) is 11.1. The normalized spacial score (nSPS) is 14.1. The number of aromatic nitrogens is 2. The van der Waals surface area contributed by atoms with Crippen molar-refractivity contribution >= 4 is 5.84 Å². The third kappa shape index (κ3) is 2.14. The molecule has 6 nitrogen and oxygen atoms in total. The molecule has 0 spiro atoms. The van der Waals surface area contributed by atoms with Crippen LogP contribution < -0.4 is 10.7 Å². The van der Waals surface area contributed by atoms with Crippen LogP contribution in [-0.2, 0) is 0 Å². The van der Waals surface area contributed by atoms with Crippen molar-refractivity contribution in [2.45, 2.75) is 6.42 Å². The Hall–Kier alpha value is -2.34. The monoisotopic (exact) mass is 271 g/mol. The summed E-state index contributed by atoms with van der Waals surface area (Å²) in [7, 11) is 0. The Kier molecular flexibility index (Phi) is 3.39. The highest BCUT2D eigenvalue weighted by molar-refractivity contribution is 5.97. The lowest BCUT2D eigenvalue weighted by molar-refractivity contribution is 0.285. The van der Waals surface area contributed by atoms with Crippen molar-refractivity contribution in [3.05, 3.63) is 42.4 Å². The smallest absolute Gasteiger partial charge is 0.146 e. The van der Waals surface area contributed by atoms with Crippen LogP contribution in [0.4, 0.5) is 0 Å². The molecule has 2 aromatic heterocycles. The van der Waals surface area contributed by atoms with E-state index in [1.54, 1.807) is 12.4 Å². The van der Waals surface area contributed by atoms with Crippen molar-refractivity contribution < 1.29 is 5.11 Å². The van der Waals surface area contributed by atoms with E-state index in [9.17, 15) is 0 Å². The van der Waals surface area contributed by atoms with Crippen LogP contribution in [0, 0.1) is 0 Å². The second-order valence-electron chi connectivity index (χ2n) is 4.64. The number of aliphatic hydroxyl groups is 1. The Morgan fingerprint density at radius 3 is 2.65 bits per heavy atom. The molecular formula is C14H17N5O. The molecule has 0 saturated carbocycles. The SMILES string of the molecule is NC1=NCN(CCCO)n2c1ccc2-c1ccncc1. The fourth-order valence-corrected chi connectivity index (χ4v) is 2.39. The highest BCUT2D eigenvalue weighted by Crippen LogP contribution is 2.24. The van der Waals surface area contributed by atoms with E-state index >= 15 is 0 Å². The molecule has 0 amide bonds. The number of aliphatic imine (C=N–C) groups is 1. The molecule has 104 valence electrons. The topological polar surface area (TPSA) is 79.7 Å². The van der Waals surface area contributed by atoms with Crippen molar-refractivity contribution in [1.29, 1.82) is 0 Å². The van der Waals surface area contributed by atoms with Crippen molar-refractivity contribution in [2.24, 2.45) is 10.7 Å². The van der Waals surface area contributed by atoms with E-state index in [4.69, 9.17) is 10.8 Å². The van der Waals surface area contributed by atoms with E-state index in [0.717, 1.165) is 23.5 Å². The van der Waals surface area contributed by atoms with Crippen molar-refractivity contribution in [3.8, 4) is 11.3 Å². The molecule has 20 heavy (non-hydrogen) atoms. The van der Waals surface area contributed by atoms with Gasteiger partial charge in [0.05, 0.1) is 5.69 Å². The van der Waals surface area contributed by atoms with Crippen LogP contribution in [-0.4, -0.2) is 40.4 Å². The molecule has 1 aliphatic heterocycles. The van der Waals surface area contributed by atoms with Crippen LogP contribution in [0.3, 0.4) is 0 Å². The number of aliphatic hydroxyl groups excluding tert-OH is 1. The lowest BCUT2D eigenvalue weighted by atomic mass is 10.2. The lowest BCUT2D eigenvalue weighted by Gasteiger charge is -2.31. The maximum atomic E-state index is 9.03. The molecule has 0 aliphatic carbocycles. The van der Waals surface area contributed by atoms with E-state index in [-0.39, 0.29) is 6.61 Å². The van der Waals surface area contributed by atoms with Crippen LogP contribution in [0.25, 0.3) is 11.3 Å². The van der Waals surface area contributed by atoms with Gasteiger partial charge >= 0.3 is 0 Å². The van der Waals surface area contributed by atoms with Gasteiger partial charge in [-0.1, -0.05) is 0 Å². The molecule has 3 rings (SSSR count). The van der Waals surface area contributed by atoms with Crippen LogP contribution in [0.1, 0.15) is 12.1 Å². The molecule has 1 aliphatic rings. The molecule has 0 aromatic carbocycles. The zero-order valence-electron chi connectivity index (χ0n) is 11.1. The minimum Gasteiger partial charge on any atom is -0.396 e. The first-order valence-electron chi connectivity index (χ1n) is 6.60. The van der Waals surface area contributed by atoms with Gasteiger partial charge in [-0.25, -0.2) is 4.99 Å². The van der Waals surface area contributed by atoms with Gasteiger partial charge in [-0.3, -0.25) is 14.7 Å². The Morgan fingerprint density at radius 2 is 1.90 bits per heavy atom. The summed E-state index contributed by atoms with van der Waals surface area (Å²) in [5.74, 6) is 0.547. The summed E-state index contributed by atoms with van der Waals surface area (Å²) >= 11 is 0. The van der Waals surface area contributed by atoms with Gasteiger partial charge in [0.1, 0.15) is 18.2 Å². The number of nitrogens with zero attached hydrogens (tertiary/aromatic N) is 4. The summed E-state index contributed by atoms with van der Waals surface area (Å²) in [5.41, 5.74) is 8.99. The van der Waals surface area contributed by atoms with E-state index in [1.165, 1.54) is 0 Å².